The van der Waals surface area contributed by atoms with Crippen molar-refractivity contribution < 1.29 is 22.7 Å². The topological polar surface area (TPSA) is 97.0 Å². The van der Waals surface area contributed by atoms with Crippen LogP contribution in [0, 0.1) is 6.92 Å². The van der Waals surface area contributed by atoms with Crippen LogP contribution in [-0.4, -0.2) is 52.2 Å². The SMILES string of the molecule is COc1cc2c(cc1OC)[C@@H](CNS(=O)(=O)c1ccc(C)cc1)N(C(=O)NC(C)(C)C)CC2. The second kappa shape index (κ2) is 9.61. The minimum Gasteiger partial charge on any atom is -0.493 e. The highest BCUT2D eigenvalue weighted by Crippen LogP contribution is 2.38. The van der Waals surface area contributed by atoms with Gasteiger partial charge in [-0.2, -0.15) is 0 Å². The molecule has 2 aromatic rings. The van der Waals surface area contributed by atoms with Gasteiger partial charge >= 0.3 is 6.03 Å². The van der Waals surface area contributed by atoms with Crippen LogP contribution in [0.4, 0.5) is 4.79 Å². The number of nitrogens with zero attached hydrogens (tertiary/aromatic N) is 1. The number of nitrogens with one attached hydrogen (secondary N) is 2. The number of aryl methyl sites for hydroxylation is 1. The summed E-state index contributed by atoms with van der Waals surface area (Å²) in [6.07, 6.45) is 0.620. The quantitative estimate of drug-likeness (QED) is 0.668. The summed E-state index contributed by atoms with van der Waals surface area (Å²) >= 11 is 0. The number of urea groups is 1. The van der Waals surface area contributed by atoms with Gasteiger partial charge in [0.15, 0.2) is 11.5 Å². The number of methoxy groups -OCH3 is 2. The molecule has 0 aliphatic carbocycles. The van der Waals surface area contributed by atoms with Crippen LogP contribution in [-0.2, 0) is 16.4 Å². The van der Waals surface area contributed by atoms with Crippen molar-refractivity contribution in [1.82, 2.24) is 14.9 Å². The molecule has 1 aliphatic rings. The van der Waals surface area contributed by atoms with Crippen LogP contribution >= 0.6 is 0 Å². The third-order valence-electron chi connectivity index (χ3n) is 5.54. The Morgan fingerprint density at radius 1 is 1.09 bits per heavy atom. The van der Waals surface area contributed by atoms with Gasteiger partial charge in [-0.25, -0.2) is 17.9 Å². The van der Waals surface area contributed by atoms with E-state index < -0.39 is 21.6 Å². The minimum absolute atomic E-state index is 0.0241. The first-order valence-corrected chi connectivity index (χ1v) is 12.3. The first kappa shape index (κ1) is 24.9. The van der Waals surface area contributed by atoms with Crippen molar-refractivity contribution in [3.63, 3.8) is 0 Å². The number of benzene rings is 2. The average Bonchev–Trinajstić information content (AvgIpc) is 2.75. The van der Waals surface area contributed by atoms with Crippen molar-refractivity contribution >= 4 is 16.1 Å². The summed E-state index contributed by atoms with van der Waals surface area (Å²) in [5.74, 6) is 1.13. The molecule has 9 heteroatoms. The summed E-state index contributed by atoms with van der Waals surface area (Å²) in [6, 6.07) is 9.62. The number of hydrogen-bond donors (Lipinski definition) is 2. The summed E-state index contributed by atoms with van der Waals surface area (Å²) in [5, 5.41) is 2.99. The molecule has 0 fully saturated rings. The highest BCUT2D eigenvalue weighted by molar-refractivity contribution is 7.89. The Hall–Kier alpha value is -2.78. The molecule has 33 heavy (non-hydrogen) atoms. The van der Waals surface area contributed by atoms with Gasteiger partial charge < -0.3 is 19.7 Å². The summed E-state index contributed by atoms with van der Waals surface area (Å²) in [5.41, 5.74) is 2.36. The van der Waals surface area contributed by atoms with Crippen LogP contribution in [0.2, 0.25) is 0 Å². The Bertz CT molecular complexity index is 1110. The smallest absolute Gasteiger partial charge is 0.318 e. The molecule has 3 rings (SSSR count). The Kier molecular flexibility index (Phi) is 7.23. The standard InChI is InChI=1S/C24H33N3O5S/c1-16-7-9-18(10-8-16)33(29,30)25-15-20-19-14-22(32-6)21(31-5)13-17(19)11-12-27(20)23(28)26-24(2,3)4/h7-10,13-14,20,25H,11-12,15H2,1-6H3,(H,26,28)/t20-/m1/s1. The van der Waals surface area contributed by atoms with E-state index in [1.165, 1.54) is 0 Å². The van der Waals surface area contributed by atoms with E-state index in [4.69, 9.17) is 9.47 Å². The molecule has 0 saturated carbocycles. The van der Waals surface area contributed by atoms with Crippen LogP contribution in [0.25, 0.3) is 0 Å². The van der Waals surface area contributed by atoms with E-state index in [-0.39, 0.29) is 17.5 Å². The minimum atomic E-state index is -3.76. The second-order valence-electron chi connectivity index (χ2n) is 9.21. The zero-order valence-electron chi connectivity index (χ0n) is 20.1. The van der Waals surface area contributed by atoms with Gasteiger partial charge in [-0.1, -0.05) is 17.7 Å². The van der Waals surface area contributed by atoms with E-state index in [2.05, 4.69) is 10.0 Å². The van der Waals surface area contributed by atoms with Crippen LogP contribution < -0.4 is 19.5 Å². The van der Waals surface area contributed by atoms with Gasteiger partial charge in [-0.05, 0) is 69.5 Å². The average molecular weight is 476 g/mol. The molecule has 180 valence electrons. The molecule has 1 heterocycles. The molecule has 2 amide bonds. The number of carbonyl (C=O) groups excluding carboxylic acids is 1. The number of amides is 2. The second-order valence-corrected chi connectivity index (χ2v) is 11.0. The first-order chi connectivity index (χ1) is 15.4. The third kappa shape index (κ3) is 5.78. The van der Waals surface area contributed by atoms with Gasteiger partial charge in [0.25, 0.3) is 0 Å². The Labute approximate surface area is 196 Å². The van der Waals surface area contributed by atoms with Gasteiger partial charge in [0.1, 0.15) is 0 Å². The maximum Gasteiger partial charge on any atom is 0.318 e. The van der Waals surface area contributed by atoms with Gasteiger partial charge in [0.2, 0.25) is 10.0 Å². The Morgan fingerprint density at radius 2 is 1.70 bits per heavy atom. The molecule has 1 atom stereocenters. The molecular weight excluding hydrogens is 442 g/mol. The predicted molar refractivity (Wildman–Crippen MR) is 127 cm³/mol. The maximum atomic E-state index is 13.1. The van der Waals surface area contributed by atoms with Gasteiger partial charge in [-0.15, -0.1) is 0 Å². The van der Waals surface area contributed by atoms with E-state index >= 15 is 0 Å². The van der Waals surface area contributed by atoms with Crippen LogP contribution in [0.5, 0.6) is 11.5 Å². The van der Waals surface area contributed by atoms with Crippen molar-refractivity contribution in [2.24, 2.45) is 0 Å². The number of fused-ring (bicyclic) bond motifs is 1. The Morgan fingerprint density at radius 3 is 2.27 bits per heavy atom. The van der Waals surface area contributed by atoms with E-state index in [9.17, 15) is 13.2 Å². The van der Waals surface area contributed by atoms with Crippen LogP contribution in [0.15, 0.2) is 41.3 Å². The molecule has 0 unspecified atom stereocenters. The molecule has 0 aromatic heterocycles. The predicted octanol–water partition coefficient (Wildman–Crippen LogP) is 3.40. The lowest BCUT2D eigenvalue weighted by Gasteiger charge is -2.39. The fourth-order valence-electron chi connectivity index (χ4n) is 3.87. The van der Waals surface area contributed by atoms with Gasteiger partial charge in [0, 0.05) is 18.6 Å². The van der Waals surface area contributed by atoms with Crippen molar-refractivity contribution in [1.29, 1.82) is 0 Å². The molecule has 0 radical (unpaired) electrons. The van der Waals surface area contributed by atoms with Crippen LogP contribution in [0.3, 0.4) is 0 Å². The van der Waals surface area contributed by atoms with Gasteiger partial charge in [0.05, 0.1) is 25.2 Å². The van der Waals surface area contributed by atoms with E-state index in [1.807, 2.05) is 39.8 Å². The fourth-order valence-corrected chi connectivity index (χ4v) is 4.91. The maximum absolute atomic E-state index is 13.1. The summed E-state index contributed by atoms with van der Waals surface area (Å²) in [6.45, 7) is 8.09. The molecule has 2 N–H and O–H groups in total. The zero-order chi connectivity index (χ0) is 24.4. The Balaban J connectivity index is 1.97. The summed E-state index contributed by atoms with van der Waals surface area (Å²) < 4.78 is 39.5. The highest BCUT2D eigenvalue weighted by atomic mass is 32.2. The lowest BCUT2D eigenvalue weighted by Crippen LogP contribution is -2.53. The lowest BCUT2D eigenvalue weighted by molar-refractivity contribution is 0.161. The first-order valence-electron chi connectivity index (χ1n) is 10.8. The molecule has 1 aliphatic heterocycles. The molecule has 0 saturated heterocycles. The van der Waals surface area contributed by atoms with E-state index in [0.717, 1.165) is 16.7 Å². The number of rotatable bonds is 6. The lowest BCUT2D eigenvalue weighted by atomic mass is 9.92. The van der Waals surface area contributed by atoms with E-state index in [0.29, 0.717) is 24.5 Å². The number of hydrogen-bond acceptors (Lipinski definition) is 5. The van der Waals surface area contributed by atoms with E-state index in [1.54, 1.807) is 43.4 Å². The number of carbonyl (C=O) groups is 1. The molecule has 2 aromatic carbocycles. The van der Waals surface area contributed by atoms with Crippen molar-refractivity contribution in [2.75, 3.05) is 27.3 Å². The third-order valence-corrected chi connectivity index (χ3v) is 6.98. The van der Waals surface area contributed by atoms with Crippen molar-refractivity contribution in [3.05, 3.63) is 53.1 Å². The molecule has 8 nitrogen and oxygen atoms in total. The highest BCUT2D eigenvalue weighted by Gasteiger charge is 2.34. The van der Waals surface area contributed by atoms with Crippen molar-refractivity contribution in [2.45, 2.75) is 50.6 Å². The number of ether oxygens (including phenoxy) is 2. The largest absolute Gasteiger partial charge is 0.493 e. The molecular formula is C24H33N3O5S. The fraction of sp³-hybridized carbons (Fsp3) is 0.458. The molecule has 0 bridgehead atoms. The summed E-state index contributed by atoms with van der Waals surface area (Å²) in [7, 11) is -0.635. The monoisotopic (exact) mass is 475 g/mol. The van der Waals surface area contributed by atoms with Gasteiger partial charge in [-0.3, -0.25) is 0 Å². The summed E-state index contributed by atoms with van der Waals surface area (Å²) in [4.78, 5) is 15.0. The number of sulfonamides is 1. The normalized spacial score (nSPS) is 16.2. The molecule has 0 spiro atoms. The van der Waals surface area contributed by atoms with Crippen LogP contribution in [0.1, 0.15) is 43.5 Å². The van der Waals surface area contributed by atoms with Crippen molar-refractivity contribution in [3.8, 4) is 11.5 Å². The zero-order valence-corrected chi connectivity index (χ0v) is 20.9.